The quantitative estimate of drug-likeness (QED) is 0.624. The predicted molar refractivity (Wildman–Crippen MR) is 76.1 cm³/mol. The van der Waals surface area contributed by atoms with Crippen molar-refractivity contribution in [2.45, 2.75) is 0 Å². The van der Waals surface area contributed by atoms with E-state index in [1.807, 2.05) is 24.3 Å². The molecular formula is C15H8Cl2O2. The van der Waals surface area contributed by atoms with Crippen LogP contribution >= 0.6 is 23.2 Å². The molecule has 0 bridgehead atoms. The number of fused-ring (bicyclic) bond motifs is 1. The standard InChI is InChI=1S/C15H8Cl2O2/c16-12-6-5-9(7-13(12)17)15(18)11-8-19-14-4-2-1-3-10(11)14/h1-8H. The summed E-state index contributed by atoms with van der Waals surface area (Å²) in [7, 11) is 0. The number of ketones is 1. The average Bonchev–Trinajstić information content (AvgIpc) is 2.85. The van der Waals surface area contributed by atoms with Crippen LogP contribution in [-0.4, -0.2) is 5.78 Å². The first kappa shape index (κ1) is 12.3. The summed E-state index contributed by atoms with van der Waals surface area (Å²) in [4.78, 5) is 12.4. The van der Waals surface area contributed by atoms with E-state index in [4.69, 9.17) is 27.6 Å². The fourth-order valence-electron chi connectivity index (χ4n) is 1.95. The lowest BCUT2D eigenvalue weighted by atomic mass is 10.0. The van der Waals surface area contributed by atoms with Gasteiger partial charge in [0, 0.05) is 10.9 Å². The molecule has 1 heterocycles. The molecule has 0 N–H and O–H groups in total. The van der Waals surface area contributed by atoms with E-state index in [0.29, 0.717) is 26.8 Å². The lowest BCUT2D eigenvalue weighted by molar-refractivity contribution is 0.103. The van der Waals surface area contributed by atoms with E-state index >= 15 is 0 Å². The Morgan fingerprint density at radius 3 is 2.58 bits per heavy atom. The van der Waals surface area contributed by atoms with Crippen molar-refractivity contribution < 1.29 is 9.21 Å². The third kappa shape index (κ3) is 2.14. The van der Waals surface area contributed by atoms with Gasteiger partial charge in [0.1, 0.15) is 11.8 Å². The predicted octanol–water partition coefficient (Wildman–Crippen LogP) is 4.97. The SMILES string of the molecule is O=C(c1ccc(Cl)c(Cl)c1)c1coc2ccccc12. The number of hydrogen-bond donors (Lipinski definition) is 0. The summed E-state index contributed by atoms with van der Waals surface area (Å²) < 4.78 is 5.37. The largest absolute Gasteiger partial charge is 0.464 e. The van der Waals surface area contributed by atoms with Gasteiger partial charge in [0.15, 0.2) is 5.78 Å². The molecule has 0 aliphatic carbocycles. The first-order valence-corrected chi connectivity index (χ1v) is 6.38. The van der Waals surface area contributed by atoms with E-state index in [1.54, 1.807) is 18.2 Å². The smallest absolute Gasteiger partial charge is 0.196 e. The highest BCUT2D eigenvalue weighted by atomic mass is 35.5. The zero-order chi connectivity index (χ0) is 13.4. The van der Waals surface area contributed by atoms with Crippen molar-refractivity contribution in [3.8, 4) is 0 Å². The number of benzene rings is 2. The zero-order valence-electron chi connectivity index (χ0n) is 9.69. The van der Waals surface area contributed by atoms with Crippen molar-refractivity contribution in [1.82, 2.24) is 0 Å². The summed E-state index contributed by atoms with van der Waals surface area (Å²) in [6, 6.07) is 12.2. The molecule has 0 aliphatic heterocycles. The molecule has 3 aromatic rings. The van der Waals surface area contributed by atoms with Crippen LogP contribution in [-0.2, 0) is 0 Å². The van der Waals surface area contributed by atoms with E-state index in [2.05, 4.69) is 0 Å². The van der Waals surface area contributed by atoms with Crippen LogP contribution in [0.1, 0.15) is 15.9 Å². The van der Waals surface area contributed by atoms with Crippen molar-refractivity contribution in [2.75, 3.05) is 0 Å². The van der Waals surface area contributed by atoms with E-state index in [-0.39, 0.29) is 5.78 Å². The number of furan rings is 1. The van der Waals surface area contributed by atoms with Crippen LogP contribution in [0.25, 0.3) is 11.0 Å². The van der Waals surface area contributed by atoms with Crippen molar-refractivity contribution in [3.05, 3.63) is 69.9 Å². The number of hydrogen-bond acceptors (Lipinski definition) is 2. The Bertz CT molecular complexity index is 775. The first-order chi connectivity index (χ1) is 9.16. The van der Waals surface area contributed by atoms with Gasteiger partial charge in [-0.3, -0.25) is 4.79 Å². The Hall–Kier alpha value is -1.77. The Kier molecular flexibility index (Phi) is 3.05. The fraction of sp³-hybridized carbons (Fsp3) is 0. The van der Waals surface area contributed by atoms with E-state index in [1.165, 1.54) is 6.26 Å². The molecule has 94 valence electrons. The van der Waals surface area contributed by atoms with Gasteiger partial charge in [0.2, 0.25) is 0 Å². The lowest BCUT2D eigenvalue weighted by Crippen LogP contribution is -2.00. The summed E-state index contributed by atoms with van der Waals surface area (Å²) in [6.45, 7) is 0. The molecule has 19 heavy (non-hydrogen) atoms. The molecule has 0 saturated heterocycles. The van der Waals surface area contributed by atoms with Crippen molar-refractivity contribution in [1.29, 1.82) is 0 Å². The third-order valence-electron chi connectivity index (χ3n) is 2.91. The second kappa shape index (κ2) is 4.72. The molecule has 4 heteroatoms. The van der Waals surface area contributed by atoms with Crippen molar-refractivity contribution >= 4 is 40.0 Å². The lowest BCUT2D eigenvalue weighted by Gasteiger charge is -2.01. The summed E-state index contributed by atoms with van der Waals surface area (Å²) in [5.41, 5.74) is 1.70. The van der Waals surface area contributed by atoms with Crippen molar-refractivity contribution in [3.63, 3.8) is 0 Å². The zero-order valence-corrected chi connectivity index (χ0v) is 11.2. The van der Waals surface area contributed by atoms with E-state index in [9.17, 15) is 4.79 Å². The van der Waals surface area contributed by atoms with Gasteiger partial charge < -0.3 is 4.42 Å². The number of carbonyl (C=O) groups excluding carboxylic acids is 1. The highest BCUT2D eigenvalue weighted by molar-refractivity contribution is 6.42. The molecule has 0 fully saturated rings. The molecule has 0 saturated carbocycles. The normalized spacial score (nSPS) is 10.8. The molecule has 0 radical (unpaired) electrons. The maximum absolute atomic E-state index is 12.4. The van der Waals surface area contributed by atoms with Gasteiger partial charge in [-0.2, -0.15) is 0 Å². The van der Waals surface area contributed by atoms with E-state index < -0.39 is 0 Å². The van der Waals surface area contributed by atoms with Crippen LogP contribution in [0, 0.1) is 0 Å². The van der Waals surface area contributed by atoms with Crippen LogP contribution in [0.5, 0.6) is 0 Å². The highest BCUT2D eigenvalue weighted by Gasteiger charge is 2.16. The second-order valence-electron chi connectivity index (χ2n) is 4.10. The molecule has 0 unspecified atom stereocenters. The maximum Gasteiger partial charge on any atom is 0.196 e. The van der Waals surface area contributed by atoms with Gasteiger partial charge in [-0.15, -0.1) is 0 Å². The summed E-state index contributed by atoms with van der Waals surface area (Å²) in [5, 5.41) is 1.58. The monoisotopic (exact) mass is 290 g/mol. The minimum Gasteiger partial charge on any atom is -0.464 e. The molecular weight excluding hydrogens is 283 g/mol. The summed E-state index contributed by atoms with van der Waals surface area (Å²) in [6.07, 6.45) is 1.47. The maximum atomic E-state index is 12.4. The van der Waals surface area contributed by atoms with Gasteiger partial charge in [-0.25, -0.2) is 0 Å². The summed E-state index contributed by atoms with van der Waals surface area (Å²) >= 11 is 11.8. The fourth-order valence-corrected chi connectivity index (χ4v) is 2.24. The Morgan fingerprint density at radius 2 is 1.79 bits per heavy atom. The third-order valence-corrected chi connectivity index (χ3v) is 3.65. The van der Waals surface area contributed by atoms with Gasteiger partial charge in [-0.05, 0) is 24.3 Å². The van der Waals surface area contributed by atoms with Crippen LogP contribution < -0.4 is 0 Å². The highest BCUT2D eigenvalue weighted by Crippen LogP contribution is 2.27. The first-order valence-electron chi connectivity index (χ1n) is 5.63. The molecule has 2 nitrogen and oxygen atoms in total. The molecule has 2 aromatic carbocycles. The topological polar surface area (TPSA) is 30.2 Å². The summed E-state index contributed by atoms with van der Waals surface area (Å²) in [5.74, 6) is -0.136. The van der Waals surface area contributed by atoms with Crippen LogP contribution in [0.3, 0.4) is 0 Å². The van der Waals surface area contributed by atoms with E-state index in [0.717, 1.165) is 5.39 Å². The van der Waals surface area contributed by atoms with Gasteiger partial charge in [-0.1, -0.05) is 41.4 Å². The number of halogens is 2. The number of para-hydroxylation sites is 1. The Balaban J connectivity index is 2.11. The Morgan fingerprint density at radius 1 is 1.00 bits per heavy atom. The molecule has 0 amide bonds. The van der Waals surface area contributed by atoms with Crippen LogP contribution in [0.15, 0.2) is 53.1 Å². The second-order valence-corrected chi connectivity index (χ2v) is 4.92. The van der Waals surface area contributed by atoms with Crippen LogP contribution in [0.2, 0.25) is 10.0 Å². The minimum atomic E-state index is -0.136. The average molecular weight is 291 g/mol. The van der Waals surface area contributed by atoms with Gasteiger partial charge in [0.25, 0.3) is 0 Å². The van der Waals surface area contributed by atoms with Gasteiger partial charge >= 0.3 is 0 Å². The van der Waals surface area contributed by atoms with Crippen molar-refractivity contribution in [2.24, 2.45) is 0 Å². The molecule has 1 aromatic heterocycles. The number of rotatable bonds is 2. The Labute approximate surface area is 119 Å². The molecule has 0 spiro atoms. The molecule has 0 atom stereocenters. The number of carbonyl (C=O) groups is 1. The molecule has 3 rings (SSSR count). The van der Waals surface area contributed by atoms with Crippen LogP contribution in [0.4, 0.5) is 0 Å². The van der Waals surface area contributed by atoms with Gasteiger partial charge in [0.05, 0.1) is 15.6 Å². The molecule has 0 aliphatic rings. The minimum absolute atomic E-state index is 0.136.